The second-order valence-corrected chi connectivity index (χ2v) is 4.76. The van der Waals surface area contributed by atoms with Crippen LogP contribution in [0.5, 0.6) is 5.75 Å². The molecule has 0 aromatic heterocycles. The van der Waals surface area contributed by atoms with Crippen molar-refractivity contribution < 1.29 is 14.2 Å². The molecule has 0 bridgehead atoms. The van der Waals surface area contributed by atoms with Crippen LogP contribution in [0.25, 0.3) is 0 Å². The Kier molecular flexibility index (Phi) is 4.71. The summed E-state index contributed by atoms with van der Waals surface area (Å²) in [4.78, 5) is 0. The summed E-state index contributed by atoms with van der Waals surface area (Å²) < 4.78 is 19.4. The predicted octanol–water partition coefficient (Wildman–Crippen LogP) is 2.79. The summed E-state index contributed by atoms with van der Waals surface area (Å²) in [7, 11) is 0. The van der Waals surface area contributed by atoms with Gasteiger partial charge in [0.2, 0.25) is 0 Å². The van der Waals surface area contributed by atoms with Crippen LogP contribution in [0.1, 0.15) is 24.2 Å². The number of halogens is 1. The van der Waals surface area contributed by atoms with Gasteiger partial charge in [-0.1, -0.05) is 30.3 Å². The van der Waals surface area contributed by atoms with Gasteiger partial charge in [-0.25, -0.2) is 4.39 Å². The largest absolute Gasteiger partial charge is 0.489 e. The van der Waals surface area contributed by atoms with E-state index >= 15 is 0 Å². The van der Waals surface area contributed by atoms with Crippen LogP contribution in [0, 0.1) is 5.82 Å². The van der Waals surface area contributed by atoms with Gasteiger partial charge in [0.05, 0.1) is 6.10 Å². The Labute approximate surface area is 117 Å². The normalized spacial score (nSPS) is 13.8. The molecule has 0 heterocycles. The van der Waals surface area contributed by atoms with Crippen LogP contribution in [0.4, 0.5) is 4.39 Å². The zero-order valence-corrected chi connectivity index (χ0v) is 11.3. The number of benzene rings is 2. The first kappa shape index (κ1) is 14.5. The van der Waals surface area contributed by atoms with Crippen molar-refractivity contribution in [2.24, 2.45) is 5.73 Å². The molecular formula is C16H18FNO2. The lowest BCUT2D eigenvalue weighted by atomic mass is 10.0. The lowest BCUT2D eigenvalue weighted by Crippen LogP contribution is -2.25. The maximum Gasteiger partial charge on any atom is 0.132 e. The lowest BCUT2D eigenvalue weighted by Gasteiger charge is -2.16. The van der Waals surface area contributed by atoms with E-state index in [0.717, 1.165) is 5.56 Å². The Balaban J connectivity index is 2.06. The summed E-state index contributed by atoms with van der Waals surface area (Å²) in [6.45, 7) is 2.00. The summed E-state index contributed by atoms with van der Waals surface area (Å²) in [5.41, 5.74) is 6.76. The van der Waals surface area contributed by atoms with E-state index in [0.29, 0.717) is 12.4 Å². The van der Waals surface area contributed by atoms with Gasteiger partial charge in [-0.3, -0.25) is 0 Å². The number of ether oxygens (including phenoxy) is 1. The molecule has 0 unspecified atom stereocenters. The molecule has 2 rings (SSSR count). The maximum atomic E-state index is 13.9. The highest BCUT2D eigenvalue weighted by Gasteiger charge is 2.17. The van der Waals surface area contributed by atoms with Gasteiger partial charge >= 0.3 is 0 Å². The van der Waals surface area contributed by atoms with E-state index in [2.05, 4.69) is 0 Å². The molecule has 0 amide bonds. The zero-order valence-electron chi connectivity index (χ0n) is 11.3. The van der Waals surface area contributed by atoms with Crippen molar-refractivity contribution in [1.29, 1.82) is 0 Å². The van der Waals surface area contributed by atoms with Crippen LogP contribution in [0.2, 0.25) is 0 Å². The van der Waals surface area contributed by atoms with Gasteiger partial charge in [0, 0.05) is 17.7 Å². The fraction of sp³-hybridized carbons (Fsp3) is 0.250. The molecule has 4 heteroatoms. The Morgan fingerprint density at radius 2 is 1.90 bits per heavy atom. The third-order valence-electron chi connectivity index (χ3n) is 3.04. The fourth-order valence-corrected chi connectivity index (χ4v) is 1.86. The number of aliphatic hydroxyl groups is 1. The average molecular weight is 275 g/mol. The minimum Gasteiger partial charge on any atom is -0.489 e. The van der Waals surface area contributed by atoms with Crippen molar-refractivity contribution in [3.8, 4) is 5.75 Å². The van der Waals surface area contributed by atoms with Crippen molar-refractivity contribution >= 4 is 0 Å². The SMILES string of the molecule is C[C@H](N)[C@H](O)c1ccc(OCc2ccccc2)cc1F. The monoisotopic (exact) mass is 275 g/mol. The summed E-state index contributed by atoms with van der Waals surface area (Å²) >= 11 is 0. The van der Waals surface area contributed by atoms with Crippen molar-refractivity contribution in [1.82, 2.24) is 0 Å². The Morgan fingerprint density at radius 3 is 2.50 bits per heavy atom. The molecular weight excluding hydrogens is 257 g/mol. The molecule has 0 saturated heterocycles. The minimum atomic E-state index is -1.02. The van der Waals surface area contributed by atoms with Crippen LogP contribution in [-0.2, 0) is 6.61 Å². The Bertz CT molecular complexity index is 558. The topological polar surface area (TPSA) is 55.5 Å². The standard InChI is InChI=1S/C16H18FNO2/c1-11(18)16(19)14-8-7-13(9-15(14)17)20-10-12-5-3-2-4-6-12/h2-9,11,16,19H,10,18H2,1H3/t11-,16-/m0/s1. The van der Waals surface area contributed by atoms with E-state index < -0.39 is 18.0 Å². The summed E-state index contributed by atoms with van der Waals surface area (Å²) in [5, 5.41) is 9.77. The molecule has 3 nitrogen and oxygen atoms in total. The highest BCUT2D eigenvalue weighted by molar-refractivity contribution is 5.31. The van der Waals surface area contributed by atoms with Crippen LogP contribution in [-0.4, -0.2) is 11.1 Å². The molecule has 0 spiro atoms. The van der Waals surface area contributed by atoms with Crippen molar-refractivity contribution in [2.75, 3.05) is 0 Å². The molecule has 0 fully saturated rings. The summed E-state index contributed by atoms with van der Waals surface area (Å²) in [6.07, 6.45) is -1.02. The first-order chi connectivity index (χ1) is 9.58. The number of rotatable bonds is 5. The first-order valence-corrected chi connectivity index (χ1v) is 6.47. The molecule has 0 saturated carbocycles. The quantitative estimate of drug-likeness (QED) is 0.882. The molecule has 2 aromatic rings. The molecule has 0 aliphatic heterocycles. The highest BCUT2D eigenvalue weighted by atomic mass is 19.1. The molecule has 2 atom stereocenters. The van der Waals surface area contributed by atoms with Crippen LogP contribution < -0.4 is 10.5 Å². The number of hydrogen-bond acceptors (Lipinski definition) is 3. The number of aliphatic hydroxyl groups excluding tert-OH is 1. The van der Waals surface area contributed by atoms with E-state index in [1.165, 1.54) is 12.1 Å². The van der Waals surface area contributed by atoms with Gasteiger partial charge in [-0.15, -0.1) is 0 Å². The van der Waals surface area contributed by atoms with E-state index in [-0.39, 0.29) is 5.56 Å². The molecule has 0 radical (unpaired) electrons. The van der Waals surface area contributed by atoms with Gasteiger partial charge in [0.1, 0.15) is 18.2 Å². The van der Waals surface area contributed by atoms with Crippen molar-refractivity contribution in [3.05, 3.63) is 65.5 Å². The van der Waals surface area contributed by atoms with Gasteiger partial charge in [-0.2, -0.15) is 0 Å². The van der Waals surface area contributed by atoms with Gasteiger partial charge in [0.25, 0.3) is 0 Å². The third kappa shape index (κ3) is 3.56. The fourth-order valence-electron chi connectivity index (χ4n) is 1.86. The molecule has 0 aliphatic carbocycles. The third-order valence-corrected chi connectivity index (χ3v) is 3.04. The number of hydrogen-bond donors (Lipinski definition) is 2. The minimum absolute atomic E-state index is 0.187. The molecule has 106 valence electrons. The predicted molar refractivity (Wildman–Crippen MR) is 75.8 cm³/mol. The Morgan fingerprint density at radius 1 is 1.20 bits per heavy atom. The van der Waals surface area contributed by atoms with Gasteiger partial charge in [0.15, 0.2) is 0 Å². The molecule has 20 heavy (non-hydrogen) atoms. The van der Waals surface area contributed by atoms with E-state index in [4.69, 9.17) is 10.5 Å². The smallest absolute Gasteiger partial charge is 0.132 e. The second kappa shape index (κ2) is 6.50. The highest BCUT2D eigenvalue weighted by Crippen LogP contribution is 2.24. The number of nitrogens with two attached hydrogens (primary N) is 1. The second-order valence-electron chi connectivity index (χ2n) is 4.76. The average Bonchev–Trinajstić information content (AvgIpc) is 2.45. The van der Waals surface area contributed by atoms with Gasteiger partial charge < -0.3 is 15.6 Å². The summed E-state index contributed by atoms with van der Waals surface area (Å²) in [6, 6.07) is 13.5. The van der Waals surface area contributed by atoms with Crippen LogP contribution in [0.15, 0.2) is 48.5 Å². The van der Waals surface area contributed by atoms with E-state index in [1.807, 2.05) is 30.3 Å². The molecule has 2 aromatic carbocycles. The zero-order chi connectivity index (χ0) is 14.5. The van der Waals surface area contributed by atoms with E-state index in [9.17, 15) is 9.50 Å². The lowest BCUT2D eigenvalue weighted by molar-refractivity contribution is 0.148. The summed E-state index contributed by atoms with van der Waals surface area (Å²) in [5.74, 6) is -0.0904. The van der Waals surface area contributed by atoms with Crippen molar-refractivity contribution in [2.45, 2.75) is 25.7 Å². The maximum absolute atomic E-state index is 13.9. The first-order valence-electron chi connectivity index (χ1n) is 6.47. The Hall–Kier alpha value is -1.91. The van der Waals surface area contributed by atoms with E-state index in [1.54, 1.807) is 13.0 Å². The van der Waals surface area contributed by atoms with Crippen LogP contribution in [0.3, 0.4) is 0 Å². The molecule has 3 N–H and O–H groups in total. The molecule has 0 aliphatic rings. The van der Waals surface area contributed by atoms with Gasteiger partial charge in [-0.05, 0) is 24.6 Å². The van der Waals surface area contributed by atoms with Crippen molar-refractivity contribution in [3.63, 3.8) is 0 Å². The van der Waals surface area contributed by atoms with Crippen LogP contribution >= 0.6 is 0 Å².